The first kappa shape index (κ1) is 15.3. The lowest BCUT2D eigenvalue weighted by Crippen LogP contribution is -2.29. The Morgan fingerprint density at radius 1 is 1.43 bits per heavy atom. The van der Waals surface area contributed by atoms with E-state index in [-0.39, 0.29) is 10.6 Å². The molecule has 1 heterocycles. The number of hydrogen-bond acceptors (Lipinski definition) is 4. The lowest BCUT2D eigenvalue weighted by atomic mass is 10.1. The molecule has 112 valence electrons. The van der Waals surface area contributed by atoms with Crippen molar-refractivity contribution in [2.24, 2.45) is 0 Å². The van der Waals surface area contributed by atoms with Crippen LogP contribution in [0.25, 0.3) is 0 Å². The molecule has 2 aromatic rings. The molecule has 0 saturated heterocycles. The van der Waals surface area contributed by atoms with Crippen LogP contribution in [0.2, 0.25) is 5.02 Å². The fraction of sp³-hybridized carbons (Fsp3) is 0.333. The maximum Gasteiger partial charge on any atom is 0.253 e. The van der Waals surface area contributed by atoms with E-state index < -0.39 is 23.6 Å². The van der Waals surface area contributed by atoms with Gasteiger partial charge < -0.3 is 5.32 Å². The monoisotopic (exact) mass is 315 g/mol. The quantitative estimate of drug-likeness (QED) is 0.830. The van der Waals surface area contributed by atoms with E-state index in [2.05, 4.69) is 25.9 Å². The van der Waals surface area contributed by atoms with Crippen molar-refractivity contribution in [3.05, 3.63) is 40.2 Å². The van der Waals surface area contributed by atoms with Gasteiger partial charge in [0.15, 0.2) is 17.5 Å². The lowest BCUT2D eigenvalue weighted by molar-refractivity contribution is 0.0932. The molecule has 21 heavy (non-hydrogen) atoms. The normalized spacial score (nSPS) is 12.2. The topological polar surface area (TPSA) is 83.6 Å². The first-order valence-corrected chi connectivity index (χ1v) is 6.59. The van der Waals surface area contributed by atoms with E-state index in [0.717, 1.165) is 18.6 Å². The maximum absolute atomic E-state index is 13.2. The van der Waals surface area contributed by atoms with Gasteiger partial charge in [-0.2, -0.15) is 5.21 Å². The van der Waals surface area contributed by atoms with Crippen LogP contribution in [0.15, 0.2) is 12.1 Å². The lowest BCUT2D eigenvalue weighted by Gasteiger charge is -2.15. The van der Waals surface area contributed by atoms with E-state index in [1.54, 1.807) is 0 Å². The highest BCUT2D eigenvalue weighted by molar-refractivity contribution is 6.33. The number of H-pyrrole nitrogens is 1. The van der Waals surface area contributed by atoms with Crippen LogP contribution in [-0.4, -0.2) is 26.5 Å². The molecule has 0 aliphatic rings. The Morgan fingerprint density at radius 3 is 2.76 bits per heavy atom. The van der Waals surface area contributed by atoms with Crippen LogP contribution in [0, 0.1) is 11.6 Å². The van der Waals surface area contributed by atoms with Crippen molar-refractivity contribution in [2.75, 3.05) is 0 Å². The zero-order valence-corrected chi connectivity index (χ0v) is 11.8. The zero-order chi connectivity index (χ0) is 15.4. The van der Waals surface area contributed by atoms with Gasteiger partial charge in [-0.05, 0) is 18.6 Å². The molecule has 0 radical (unpaired) electrons. The molecule has 1 aromatic carbocycles. The van der Waals surface area contributed by atoms with Gasteiger partial charge >= 0.3 is 0 Å². The van der Waals surface area contributed by atoms with Gasteiger partial charge in [0.1, 0.15) is 0 Å². The summed E-state index contributed by atoms with van der Waals surface area (Å²) in [5, 5.41) is 15.8. The highest BCUT2D eigenvalue weighted by atomic mass is 35.5. The zero-order valence-electron chi connectivity index (χ0n) is 11.0. The van der Waals surface area contributed by atoms with Gasteiger partial charge in [-0.3, -0.25) is 4.79 Å². The first-order valence-electron chi connectivity index (χ1n) is 6.21. The summed E-state index contributed by atoms with van der Waals surface area (Å²) in [5.41, 5.74) is -0.153. The number of nitrogens with zero attached hydrogens (tertiary/aromatic N) is 3. The van der Waals surface area contributed by atoms with Crippen LogP contribution in [0.1, 0.15) is 42.0 Å². The molecule has 6 nitrogen and oxygen atoms in total. The van der Waals surface area contributed by atoms with Gasteiger partial charge in [-0.15, -0.1) is 10.2 Å². The molecule has 0 unspecified atom stereocenters. The number of carbonyl (C=O) groups is 1. The molecule has 0 saturated carbocycles. The fourth-order valence-corrected chi connectivity index (χ4v) is 2.04. The van der Waals surface area contributed by atoms with E-state index in [9.17, 15) is 13.6 Å². The molecular weight excluding hydrogens is 304 g/mol. The minimum atomic E-state index is -1.14. The summed E-state index contributed by atoms with van der Waals surface area (Å²) in [4.78, 5) is 12.1. The molecule has 1 amide bonds. The number of hydrogen-bond donors (Lipinski definition) is 2. The smallest absolute Gasteiger partial charge is 0.253 e. The fourth-order valence-electron chi connectivity index (χ4n) is 1.80. The molecule has 1 aromatic heterocycles. The Labute approximate surface area is 123 Å². The third-order valence-corrected chi connectivity index (χ3v) is 3.12. The molecule has 0 bridgehead atoms. The van der Waals surface area contributed by atoms with Gasteiger partial charge in [0, 0.05) is 0 Å². The Morgan fingerprint density at radius 2 is 2.14 bits per heavy atom. The van der Waals surface area contributed by atoms with Gasteiger partial charge in [-0.1, -0.05) is 30.2 Å². The largest absolute Gasteiger partial charge is 0.342 e. The van der Waals surface area contributed by atoms with Crippen LogP contribution in [0.5, 0.6) is 0 Å². The molecule has 0 spiro atoms. The molecular formula is C12H12ClF2N5O. The minimum Gasteiger partial charge on any atom is -0.342 e. The van der Waals surface area contributed by atoms with E-state index >= 15 is 0 Å². The summed E-state index contributed by atoms with van der Waals surface area (Å²) in [5.74, 6) is -2.58. The maximum atomic E-state index is 13.2. The molecule has 2 N–H and O–H groups in total. The summed E-state index contributed by atoms with van der Waals surface area (Å²) in [7, 11) is 0. The molecule has 2 rings (SSSR count). The second-order valence-corrected chi connectivity index (χ2v) is 4.74. The number of rotatable bonds is 5. The number of benzene rings is 1. The van der Waals surface area contributed by atoms with E-state index in [4.69, 9.17) is 11.6 Å². The van der Waals surface area contributed by atoms with Crippen LogP contribution in [-0.2, 0) is 0 Å². The molecule has 9 heteroatoms. The van der Waals surface area contributed by atoms with Crippen molar-refractivity contribution in [3.63, 3.8) is 0 Å². The highest BCUT2D eigenvalue weighted by Gasteiger charge is 2.21. The van der Waals surface area contributed by atoms with Crippen molar-refractivity contribution < 1.29 is 13.6 Å². The van der Waals surface area contributed by atoms with Crippen LogP contribution < -0.4 is 5.32 Å². The molecule has 0 aliphatic carbocycles. The van der Waals surface area contributed by atoms with Gasteiger partial charge in [-0.25, -0.2) is 8.78 Å². The summed E-state index contributed by atoms with van der Waals surface area (Å²) < 4.78 is 26.2. The average molecular weight is 316 g/mol. The molecule has 0 fully saturated rings. The van der Waals surface area contributed by atoms with E-state index in [0.29, 0.717) is 12.2 Å². The number of aromatic amines is 1. The van der Waals surface area contributed by atoms with E-state index in [1.807, 2.05) is 6.92 Å². The second-order valence-electron chi connectivity index (χ2n) is 4.33. The molecule has 1 atom stereocenters. The third-order valence-electron chi connectivity index (χ3n) is 2.81. The van der Waals surface area contributed by atoms with Crippen molar-refractivity contribution in [2.45, 2.75) is 25.8 Å². The predicted octanol–water partition coefficient (Wildman–Crippen LogP) is 2.40. The SMILES string of the molecule is CCC[C@@H](NC(=O)c1cc(F)c(F)cc1Cl)c1nn[nH]n1. The van der Waals surface area contributed by atoms with Crippen LogP contribution in [0.3, 0.4) is 0 Å². The van der Waals surface area contributed by atoms with Crippen molar-refractivity contribution in [1.82, 2.24) is 25.9 Å². The third kappa shape index (κ3) is 3.52. The molecule has 0 aliphatic heterocycles. The summed E-state index contributed by atoms with van der Waals surface area (Å²) >= 11 is 5.76. The number of nitrogens with one attached hydrogen (secondary N) is 2. The standard InChI is InChI=1S/C12H12ClF2N5O/c1-2-3-10(11-17-19-20-18-11)16-12(21)6-4-8(14)9(15)5-7(6)13/h4-5,10H,2-3H2,1H3,(H,16,21)(H,17,18,19,20)/t10-/m1/s1. The highest BCUT2D eigenvalue weighted by Crippen LogP contribution is 2.21. The summed E-state index contributed by atoms with van der Waals surface area (Å²) in [6.07, 6.45) is 1.32. The average Bonchev–Trinajstić information content (AvgIpc) is 2.96. The van der Waals surface area contributed by atoms with Crippen molar-refractivity contribution in [3.8, 4) is 0 Å². The van der Waals surface area contributed by atoms with Crippen LogP contribution in [0.4, 0.5) is 8.78 Å². The van der Waals surface area contributed by atoms with Crippen LogP contribution >= 0.6 is 11.6 Å². The summed E-state index contributed by atoms with van der Waals surface area (Å²) in [6, 6.07) is 1.02. The number of aromatic nitrogens is 4. The van der Waals surface area contributed by atoms with Crippen molar-refractivity contribution in [1.29, 1.82) is 0 Å². The Hall–Kier alpha value is -2.09. The van der Waals surface area contributed by atoms with Gasteiger partial charge in [0.2, 0.25) is 0 Å². The number of halogens is 3. The van der Waals surface area contributed by atoms with Crippen molar-refractivity contribution >= 4 is 17.5 Å². The number of amides is 1. The predicted molar refractivity (Wildman–Crippen MR) is 70.7 cm³/mol. The van der Waals surface area contributed by atoms with E-state index in [1.165, 1.54) is 0 Å². The van der Waals surface area contributed by atoms with Gasteiger partial charge in [0.25, 0.3) is 5.91 Å². The Bertz CT molecular complexity index is 635. The first-order chi connectivity index (χ1) is 10.0. The minimum absolute atomic E-state index is 0.153. The Balaban J connectivity index is 2.21. The Kier molecular flexibility index (Phi) is 4.79. The number of carbonyl (C=O) groups excluding carboxylic acids is 1. The number of tetrazole rings is 1. The second kappa shape index (κ2) is 6.57. The van der Waals surface area contributed by atoms with Gasteiger partial charge in [0.05, 0.1) is 16.6 Å². The summed E-state index contributed by atoms with van der Waals surface area (Å²) in [6.45, 7) is 1.92.